The standard InChI is InChI=1S/C29H32ClFN4O4/c1-37-29(36)8-7-23-16-32-27(35(23)17-24-11-14-38-24)18-34-12-9-20(10-13-34)26-3-2-4-28(33-26)39-19-21-5-6-22(30)15-25(21)31/h2-8,15-16,20,24H,9-14,17-19H2,1H3/b8-7+. The summed E-state index contributed by atoms with van der Waals surface area (Å²) in [6.45, 7) is 4.13. The molecular weight excluding hydrogens is 523 g/mol. The van der Waals surface area contributed by atoms with Crippen LogP contribution >= 0.6 is 11.6 Å². The second-order valence-electron chi connectivity index (χ2n) is 9.82. The van der Waals surface area contributed by atoms with Crippen molar-refractivity contribution in [3.8, 4) is 5.88 Å². The Bertz CT molecular complexity index is 1320. The fourth-order valence-corrected chi connectivity index (χ4v) is 5.03. The van der Waals surface area contributed by atoms with Crippen molar-refractivity contribution in [1.29, 1.82) is 0 Å². The first-order chi connectivity index (χ1) is 19.0. The monoisotopic (exact) mass is 554 g/mol. The lowest BCUT2D eigenvalue weighted by molar-refractivity contribution is -0.134. The number of halogens is 2. The third-order valence-electron chi connectivity index (χ3n) is 7.25. The van der Waals surface area contributed by atoms with E-state index in [0.29, 0.717) is 28.9 Å². The summed E-state index contributed by atoms with van der Waals surface area (Å²) in [7, 11) is 1.36. The number of hydrogen-bond donors (Lipinski definition) is 0. The summed E-state index contributed by atoms with van der Waals surface area (Å²) in [5.74, 6) is 0.970. The highest BCUT2D eigenvalue weighted by Crippen LogP contribution is 2.29. The number of hydrogen-bond acceptors (Lipinski definition) is 7. The van der Waals surface area contributed by atoms with Crippen molar-refractivity contribution < 1.29 is 23.4 Å². The molecule has 2 fully saturated rings. The number of pyridine rings is 1. The molecule has 1 atom stereocenters. The van der Waals surface area contributed by atoms with Crippen molar-refractivity contribution in [3.63, 3.8) is 0 Å². The van der Waals surface area contributed by atoms with Gasteiger partial charge in [0, 0.05) is 40.9 Å². The van der Waals surface area contributed by atoms with E-state index in [1.807, 2.05) is 12.1 Å². The molecule has 3 aromatic rings. The van der Waals surface area contributed by atoms with Crippen LogP contribution in [0.25, 0.3) is 6.08 Å². The number of ether oxygens (including phenoxy) is 3. The highest BCUT2D eigenvalue weighted by molar-refractivity contribution is 6.30. The summed E-state index contributed by atoms with van der Waals surface area (Å²) in [6.07, 6.45) is 8.08. The number of likely N-dealkylation sites (tertiary alicyclic amines) is 1. The second kappa shape index (κ2) is 12.7. The number of nitrogens with zero attached hydrogens (tertiary/aromatic N) is 4. The topological polar surface area (TPSA) is 78.7 Å². The van der Waals surface area contributed by atoms with Crippen LogP contribution in [0.3, 0.4) is 0 Å². The SMILES string of the molecule is COC(=O)/C=C/c1cnc(CN2CCC(c3cccc(OCc4ccc(Cl)cc4F)n3)CC2)n1CC1CCO1. The Morgan fingerprint density at radius 2 is 2.05 bits per heavy atom. The second-order valence-corrected chi connectivity index (χ2v) is 10.3. The van der Waals surface area contributed by atoms with E-state index in [-0.39, 0.29) is 12.7 Å². The molecule has 206 valence electrons. The van der Waals surface area contributed by atoms with Gasteiger partial charge in [0.05, 0.1) is 38.2 Å². The molecule has 2 aromatic heterocycles. The number of aromatic nitrogens is 3. The maximum atomic E-state index is 14.1. The van der Waals surface area contributed by atoms with Crippen LogP contribution in [0.5, 0.6) is 5.88 Å². The fourth-order valence-electron chi connectivity index (χ4n) is 4.87. The van der Waals surface area contributed by atoms with E-state index >= 15 is 0 Å². The molecule has 8 nitrogen and oxygen atoms in total. The number of methoxy groups -OCH3 is 1. The van der Waals surface area contributed by atoms with Gasteiger partial charge in [-0.2, -0.15) is 0 Å². The van der Waals surface area contributed by atoms with Gasteiger partial charge in [0.15, 0.2) is 0 Å². The molecule has 0 bridgehead atoms. The first kappa shape index (κ1) is 27.3. The van der Waals surface area contributed by atoms with Crippen LogP contribution in [0.15, 0.2) is 48.7 Å². The van der Waals surface area contributed by atoms with Crippen molar-refractivity contribution in [2.75, 3.05) is 26.8 Å². The predicted molar refractivity (Wildman–Crippen MR) is 145 cm³/mol. The summed E-state index contributed by atoms with van der Waals surface area (Å²) in [6, 6.07) is 10.3. The molecule has 2 saturated heterocycles. The molecule has 10 heteroatoms. The maximum absolute atomic E-state index is 14.1. The minimum atomic E-state index is -0.397. The van der Waals surface area contributed by atoms with Gasteiger partial charge in [-0.15, -0.1) is 0 Å². The Kier molecular flexibility index (Phi) is 8.91. The molecule has 5 rings (SSSR count). The Hall–Kier alpha value is -3.27. The van der Waals surface area contributed by atoms with E-state index in [9.17, 15) is 9.18 Å². The van der Waals surface area contributed by atoms with E-state index in [0.717, 1.165) is 62.7 Å². The number of rotatable bonds is 10. The smallest absolute Gasteiger partial charge is 0.330 e. The zero-order chi connectivity index (χ0) is 27.2. The number of benzene rings is 1. The van der Waals surface area contributed by atoms with Gasteiger partial charge in [0.2, 0.25) is 5.88 Å². The number of carbonyl (C=O) groups excluding carboxylic acids is 1. The van der Waals surface area contributed by atoms with Crippen LogP contribution in [0.2, 0.25) is 5.02 Å². The summed E-state index contributed by atoms with van der Waals surface area (Å²) < 4.78 is 32.4. The fraction of sp³-hybridized carbons (Fsp3) is 0.414. The van der Waals surface area contributed by atoms with E-state index in [1.165, 1.54) is 19.3 Å². The van der Waals surface area contributed by atoms with Crippen LogP contribution in [-0.2, 0) is 34.0 Å². The molecule has 0 amide bonds. The molecule has 0 radical (unpaired) electrons. The highest BCUT2D eigenvalue weighted by atomic mass is 35.5. The Labute approximate surface area is 232 Å². The van der Waals surface area contributed by atoms with Crippen molar-refractivity contribution in [2.45, 2.75) is 51.0 Å². The third-order valence-corrected chi connectivity index (χ3v) is 7.48. The lowest BCUT2D eigenvalue weighted by Gasteiger charge is -2.32. The van der Waals surface area contributed by atoms with E-state index in [1.54, 1.807) is 30.5 Å². The van der Waals surface area contributed by atoms with Gasteiger partial charge in [0.25, 0.3) is 0 Å². The maximum Gasteiger partial charge on any atom is 0.330 e. The van der Waals surface area contributed by atoms with Crippen LogP contribution < -0.4 is 4.74 Å². The molecule has 1 unspecified atom stereocenters. The number of imidazole rings is 1. The molecule has 0 N–H and O–H groups in total. The summed E-state index contributed by atoms with van der Waals surface area (Å²) in [4.78, 5) is 23.4. The van der Waals surface area contributed by atoms with E-state index in [2.05, 4.69) is 14.5 Å². The third kappa shape index (κ3) is 7.03. The highest BCUT2D eigenvalue weighted by Gasteiger charge is 2.25. The summed E-state index contributed by atoms with van der Waals surface area (Å²) in [5.41, 5.74) is 2.29. The Morgan fingerprint density at radius 3 is 2.77 bits per heavy atom. The van der Waals surface area contributed by atoms with E-state index in [4.69, 9.17) is 30.8 Å². The average Bonchev–Trinajstić information content (AvgIpc) is 3.30. The Morgan fingerprint density at radius 1 is 1.23 bits per heavy atom. The molecule has 2 aliphatic heterocycles. The number of carbonyl (C=O) groups is 1. The number of esters is 1. The minimum Gasteiger partial charge on any atom is -0.473 e. The van der Waals surface area contributed by atoms with Gasteiger partial charge in [-0.3, -0.25) is 4.90 Å². The molecule has 0 spiro atoms. The largest absolute Gasteiger partial charge is 0.473 e. The molecule has 39 heavy (non-hydrogen) atoms. The van der Waals surface area contributed by atoms with Gasteiger partial charge >= 0.3 is 5.97 Å². The summed E-state index contributed by atoms with van der Waals surface area (Å²) >= 11 is 5.84. The van der Waals surface area contributed by atoms with Crippen molar-refractivity contribution in [3.05, 3.63) is 82.3 Å². The molecule has 0 saturated carbocycles. The first-order valence-corrected chi connectivity index (χ1v) is 13.5. The normalized spacial score (nSPS) is 18.3. The zero-order valence-corrected chi connectivity index (χ0v) is 22.6. The lowest BCUT2D eigenvalue weighted by atomic mass is 9.93. The van der Waals surface area contributed by atoms with Crippen molar-refractivity contribution in [2.24, 2.45) is 0 Å². The zero-order valence-electron chi connectivity index (χ0n) is 21.9. The van der Waals surface area contributed by atoms with Gasteiger partial charge < -0.3 is 18.8 Å². The van der Waals surface area contributed by atoms with Crippen molar-refractivity contribution >= 4 is 23.6 Å². The minimum absolute atomic E-state index is 0.0905. The van der Waals surface area contributed by atoms with Gasteiger partial charge in [0.1, 0.15) is 18.2 Å². The number of piperidine rings is 1. The molecule has 1 aromatic carbocycles. The summed E-state index contributed by atoms with van der Waals surface area (Å²) in [5, 5.41) is 0.356. The van der Waals surface area contributed by atoms with Crippen LogP contribution in [-0.4, -0.2) is 58.3 Å². The predicted octanol–water partition coefficient (Wildman–Crippen LogP) is 5.00. The first-order valence-electron chi connectivity index (χ1n) is 13.2. The molecule has 4 heterocycles. The molecular formula is C29H32ClFN4O4. The van der Waals surface area contributed by atoms with Crippen LogP contribution in [0.1, 0.15) is 48.0 Å². The van der Waals surface area contributed by atoms with E-state index < -0.39 is 11.8 Å². The van der Waals surface area contributed by atoms with Gasteiger partial charge in [-0.1, -0.05) is 23.7 Å². The van der Waals surface area contributed by atoms with Crippen molar-refractivity contribution in [1.82, 2.24) is 19.4 Å². The quantitative estimate of drug-likeness (QED) is 0.258. The van der Waals surface area contributed by atoms with Crippen LogP contribution in [0.4, 0.5) is 4.39 Å². The van der Waals surface area contributed by atoms with Gasteiger partial charge in [-0.25, -0.2) is 19.2 Å². The molecule has 2 aliphatic rings. The van der Waals surface area contributed by atoms with Crippen LogP contribution in [0, 0.1) is 5.82 Å². The average molecular weight is 555 g/mol. The van der Waals surface area contributed by atoms with Gasteiger partial charge in [-0.05, 0) is 56.6 Å². The lowest BCUT2D eigenvalue weighted by Crippen LogP contribution is -2.35. The Balaban J connectivity index is 1.18. The molecule has 0 aliphatic carbocycles.